The molecular formula is C33H36ClF2N3O2. The highest BCUT2D eigenvalue weighted by Crippen LogP contribution is 2.55. The van der Waals surface area contributed by atoms with Crippen LogP contribution in [0.25, 0.3) is 0 Å². The fourth-order valence-corrected chi connectivity index (χ4v) is 6.53. The molecule has 0 aromatic heterocycles. The fraction of sp³-hybridized carbons (Fsp3) is 0.394. The van der Waals surface area contributed by atoms with Gasteiger partial charge < -0.3 is 15.5 Å². The highest BCUT2D eigenvalue weighted by Gasteiger charge is 2.61. The highest BCUT2D eigenvalue weighted by atomic mass is 35.5. The first kappa shape index (κ1) is 29.4. The number of piperidine rings is 1. The zero-order valence-corrected chi connectivity index (χ0v) is 24.0. The zero-order chi connectivity index (χ0) is 29.0. The van der Waals surface area contributed by atoms with Gasteiger partial charge in [-0.3, -0.25) is 9.59 Å². The number of carbonyl (C=O) groups is 2. The number of rotatable bonds is 11. The molecule has 2 aliphatic rings. The van der Waals surface area contributed by atoms with Crippen molar-refractivity contribution < 1.29 is 18.4 Å². The van der Waals surface area contributed by atoms with E-state index in [9.17, 15) is 18.4 Å². The summed E-state index contributed by atoms with van der Waals surface area (Å²) in [4.78, 5) is 27.8. The average Bonchev–Trinajstić information content (AvgIpc) is 3.70. The van der Waals surface area contributed by atoms with Crippen molar-refractivity contribution in [2.45, 2.75) is 43.6 Å². The number of nitrogens with one attached hydrogen (secondary N) is 2. The van der Waals surface area contributed by atoms with Crippen molar-refractivity contribution in [2.75, 3.05) is 32.7 Å². The van der Waals surface area contributed by atoms with Crippen LogP contribution in [0.5, 0.6) is 0 Å². The van der Waals surface area contributed by atoms with Gasteiger partial charge in [0.25, 0.3) is 0 Å². The minimum Gasteiger partial charge on any atom is -0.355 e. The smallest absolute Gasteiger partial charge is 0.231 e. The predicted molar refractivity (Wildman–Crippen MR) is 157 cm³/mol. The first-order chi connectivity index (χ1) is 19.7. The lowest BCUT2D eigenvalue weighted by molar-refractivity contribution is -0.124. The first-order valence-electron chi connectivity index (χ1n) is 14.2. The quantitative estimate of drug-likeness (QED) is 0.319. The molecule has 1 aliphatic carbocycles. The molecule has 3 aromatic carbocycles. The molecule has 3 aromatic rings. The van der Waals surface area contributed by atoms with Crippen LogP contribution in [0.15, 0.2) is 72.8 Å². The van der Waals surface area contributed by atoms with E-state index < -0.39 is 17.0 Å². The summed E-state index contributed by atoms with van der Waals surface area (Å²) in [6.45, 7) is 4.55. The molecule has 2 atom stereocenters. The Hall–Kier alpha value is -3.13. The van der Waals surface area contributed by atoms with Gasteiger partial charge in [-0.15, -0.1) is 0 Å². The van der Waals surface area contributed by atoms with E-state index in [4.69, 9.17) is 11.6 Å². The molecule has 8 heteroatoms. The molecule has 1 heterocycles. The molecule has 216 valence electrons. The van der Waals surface area contributed by atoms with Crippen molar-refractivity contribution in [3.63, 3.8) is 0 Å². The monoisotopic (exact) mass is 579 g/mol. The van der Waals surface area contributed by atoms with Gasteiger partial charge in [-0.25, -0.2) is 8.78 Å². The Morgan fingerprint density at radius 2 is 1.66 bits per heavy atom. The summed E-state index contributed by atoms with van der Waals surface area (Å²) in [5.41, 5.74) is 1.42. The molecule has 0 radical (unpaired) electrons. The van der Waals surface area contributed by atoms with Gasteiger partial charge in [0.15, 0.2) is 11.6 Å². The molecule has 1 saturated carbocycles. The summed E-state index contributed by atoms with van der Waals surface area (Å²) < 4.78 is 28.1. The molecule has 1 aliphatic heterocycles. The summed E-state index contributed by atoms with van der Waals surface area (Å²) in [5.74, 6) is -1.97. The maximum Gasteiger partial charge on any atom is 0.231 e. The van der Waals surface area contributed by atoms with E-state index in [1.165, 1.54) is 17.7 Å². The van der Waals surface area contributed by atoms with E-state index >= 15 is 0 Å². The Bertz CT molecular complexity index is 1390. The molecule has 2 N–H and O–H groups in total. The molecule has 1 saturated heterocycles. The molecule has 2 unspecified atom stereocenters. The van der Waals surface area contributed by atoms with E-state index in [1.807, 2.05) is 42.5 Å². The lowest BCUT2D eigenvalue weighted by Crippen LogP contribution is -2.52. The van der Waals surface area contributed by atoms with Crippen LogP contribution in [0, 0.1) is 17.6 Å². The number of nitrogens with zero attached hydrogens (tertiary/aromatic N) is 1. The van der Waals surface area contributed by atoms with Gasteiger partial charge in [-0.2, -0.15) is 0 Å². The lowest BCUT2D eigenvalue weighted by atomic mass is 9.80. The van der Waals surface area contributed by atoms with Gasteiger partial charge in [0.05, 0.1) is 12.0 Å². The Labute approximate surface area is 245 Å². The fourth-order valence-electron chi connectivity index (χ4n) is 6.30. The molecular weight excluding hydrogens is 544 g/mol. The third-order valence-electron chi connectivity index (χ3n) is 8.77. The van der Waals surface area contributed by atoms with E-state index in [2.05, 4.69) is 27.7 Å². The SMILES string of the molecule is CC(=O)CNC1(c2ccccc2)CCN(CC2CC2(C(=O)NCCc2ccccc2Cl)c2ccc(F)c(F)c2)CC1. The van der Waals surface area contributed by atoms with E-state index in [-0.39, 0.29) is 23.1 Å². The topological polar surface area (TPSA) is 61.4 Å². The van der Waals surface area contributed by atoms with Crippen LogP contribution >= 0.6 is 11.6 Å². The van der Waals surface area contributed by atoms with Gasteiger partial charge in [0.1, 0.15) is 5.78 Å². The summed E-state index contributed by atoms with van der Waals surface area (Å²) >= 11 is 6.28. The average molecular weight is 580 g/mol. The number of likely N-dealkylation sites (tertiary alicyclic amines) is 1. The number of amides is 1. The third kappa shape index (κ3) is 6.37. The van der Waals surface area contributed by atoms with Crippen molar-refractivity contribution in [1.29, 1.82) is 0 Å². The van der Waals surface area contributed by atoms with Gasteiger partial charge in [0, 0.05) is 36.7 Å². The predicted octanol–water partition coefficient (Wildman–Crippen LogP) is 5.40. The Kier molecular flexibility index (Phi) is 8.88. The number of halogens is 3. The number of benzene rings is 3. The van der Waals surface area contributed by atoms with Crippen LogP contribution in [0.4, 0.5) is 8.78 Å². The standard InChI is InChI=1S/C33H36ClF2N3O2/c1-23(40)21-38-32(25-8-3-2-4-9-25)14-17-39(18-15-32)22-27-20-33(27,26-11-12-29(35)30(36)19-26)31(41)37-16-13-24-7-5-6-10-28(24)34/h2-12,19,27,38H,13-18,20-22H2,1H3,(H,37,41). The number of hydrogen-bond acceptors (Lipinski definition) is 4. The van der Waals surface area contributed by atoms with Crippen LogP contribution in [0.3, 0.4) is 0 Å². The maximum absolute atomic E-state index is 14.3. The van der Waals surface area contributed by atoms with Crippen molar-refractivity contribution in [3.05, 3.63) is 106 Å². The van der Waals surface area contributed by atoms with E-state index in [0.29, 0.717) is 43.1 Å². The second-order valence-corrected chi connectivity index (χ2v) is 11.8. The van der Waals surface area contributed by atoms with Crippen molar-refractivity contribution in [1.82, 2.24) is 15.5 Å². The molecule has 5 rings (SSSR count). The number of carbonyl (C=O) groups excluding carboxylic acids is 2. The van der Waals surface area contributed by atoms with Crippen LogP contribution in [0.1, 0.15) is 42.9 Å². The summed E-state index contributed by atoms with van der Waals surface area (Å²) in [7, 11) is 0. The zero-order valence-electron chi connectivity index (χ0n) is 23.3. The second kappa shape index (κ2) is 12.4. The maximum atomic E-state index is 14.3. The molecule has 1 amide bonds. The van der Waals surface area contributed by atoms with Crippen molar-refractivity contribution in [2.24, 2.45) is 5.92 Å². The molecule has 0 bridgehead atoms. The minimum atomic E-state index is -0.946. The Balaban J connectivity index is 1.28. The van der Waals surface area contributed by atoms with Crippen molar-refractivity contribution >= 4 is 23.3 Å². The summed E-state index contributed by atoms with van der Waals surface area (Å²) in [6, 6.07) is 21.6. The van der Waals surface area contributed by atoms with Gasteiger partial charge in [-0.1, -0.05) is 66.2 Å². The molecule has 5 nitrogen and oxygen atoms in total. The Morgan fingerprint density at radius 3 is 2.34 bits per heavy atom. The second-order valence-electron chi connectivity index (χ2n) is 11.4. The molecule has 41 heavy (non-hydrogen) atoms. The normalized spacial score (nSPS) is 21.8. The van der Waals surface area contributed by atoms with Crippen LogP contribution in [-0.4, -0.2) is 49.3 Å². The van der Waals surface area contributed by atoms with E-state index in [0.717, 1.165) is 37.6 Å². The summed E-state index contributed by atoms with van der Waals surface area (Å²) in [6.07, 6.45) is 2.78. The largest absolute Gasteiger partial charge is 0.355 e. The van der Waals surface area contributed by atoms with Gasteiger partial charge >= 0.3 is 0 Å². The third-order valence-corrected chi connectivity index (χ3v) is 9.14. The van der Waals surface area contributed by atoms with Crippen LogP contribution in [-0.2, 0) is 27.0 Å². The van der Waals surface area contributed by atoms with Crippen molar-refractivity contribution in [3.8, 4) is 0 Å². The number of ketones is 1. The number of Topliss-reactive ketones (excluding diaryl/α,β-unsaturated/α-hetero) is 1. The molecule has 2 fully saturated rings. The van der Waals surface area contributed by atoms with Gasteiger partial charge in [-0.05, 0) is 73.4 Å². The highest BCUT2D eigenvalue weighted by molar-refractivity contribution is 6.31. The van der Waals surface area contributed by atoms with Crippen LogP contribution < -0.4 is 10.6 Å². The van der Waals surface area contributed by atoms with Crippen LogP contribution in [0.2, 0.25) is 5.02 Å². The lowest BCUT2D eigenvalue weighted by Gasteiger charge is -2.43. The van der Waals surface area contributed by atoms with Gasteiger partial charge in [0.2, 0.25) is 5.91 Å². The molecule has 0 spiro atoms. The Morgan fingerprint density at radius 1 is 0.951 bits per heavy atom. The minimum absolute atomic E-state index is 0.0259. The summed E-state index contributed by atoms with van der Waals surface area (Å²) in [5, 5.41) is 7.22. The van der Waals surface area contributed by atoms with E-state index in [1.54, 1.807) is 6.92 Å². The number of hydrogen-bond donors (Lipinski definition) is 2. The first-order valence-corrected chi connectivity index (χ1v) is 14.6.